The highest BCUT2D eigenvalue weighted by atomic mass is 32.2. The Balaban J connectivity index is 2.40. The van der Waals surface area contributed by atoms with Crippen LogP contribution in [0.4, 0.5) is 5.82 Å². The summed E-state index contributed by atoms with van der Waals surface area (Å²) in [6.45, 7) is 3.31. The molecule has 0 aliphatic carbocycles. The molecule has 0 saturated heterocycles. The standard InChI is InChI=1S/C17H20N4O2S2/c1-3-23-17(22)14-15(19-11-7-10-18-12-24)21(20-16(14)25-2)13-8-5-4-6-9-13/h4-6,8-9,19H,3,7,10-11H2,1-2H3. The number of benzene rings is 1. The van der Waals surface area contributed by atoms with Crippen molar-refractivity contribution in [3.8, 4) is 5.69 Å². The van der Waals surface area contributed by atoms with E-state index in [0.29, 0.717) is 36.1 Å². The molecule has 1 aromatic heterocycles. The van der Waals surface area contributed by atoms with Gasteiger partial charge in [-0.2, -0.15) is 5.10 Å². The minimum absolute atomic E-state index is 0.312. The van der Waals surface area contributed by atoms with Crippen molar-refractivity contribution in [3.05, 3.63) is 35.9 Å². The molecule has 0 saturated carbocycles. The first kappa shape index (κ1) is 19.2. The highest BCUT2D eigenvalue weighted by Crippen LogP contribution is 2.30. The predicted molar refractivity (Wildman–Crippen MR) is 104 cm³/mol. The van der Waals surface area contributed by atoms with E-state index in [9.17, 15) is 4.79 Å². The molecule has 132 valence electrons. The summed E-state index contributed by atoms with van der Waals surface area (Å²) >= 11 is 5.98. The summed E-state index contributed by atoms with van der Waals surface area (Å²) in [5.74, 6) is 0.244. The lowest BCUT2D eigenvalue weighted by molar-refractivity contribution is 0.0523. The van der Waals surface area contributed by atoms with Crippen molar-refractivity contribution in [3.63, 3.8) is 0 Å². The summed E-state index contributed by atoms with van der Waals surface area (Å²) in [6.07, 6.45) is 2.65. The molecule has 0 bridgehead atoms. The van der Waals surface area contributed by atoms with Gasteiger partial charge >= 0.3 is 5.97 Å². The van der Waals surface area contributed by atoms with Gasteiger partial charge in [0.05, 0.1) is 24.0 Å². The second-order valence-corrected chi connectivity index (χ2v) is 5.93. The molecule has 0 unspecified atom stereocenters. The maximum atomic E-state index is 12.5. The molecule has 25 heavy (non-hydrogen) atoms. The number of hydrogen-bond acceptors (Lipinski definition) is 7. The van der Waals surface area contributed by atoms with Crippen LogP contribution in [0.2, 0.25) is 0 Å². The largest absolute Gasteiger partial charge is 0.462 e. The molecule has 1 N–H and O–H groups in total. The van der Waals surface area contributed by atoms with E-state index < -0.39 is 0 Å². The third-order valence-corrected chi connectivity index (χ3v) is 4.13. The number of hydrogen-bond donors (Lipinski definition) is 1. The first-order chi connectivity index (χ1) is 12.2. The van der Waals surface area contributed by atoms with Gasteiger partial charge in [0, 0.05) is 6.54 Å². The minimum Gasteiger partial charge on any atom is -0.462 e. The molecule has 2 aromatic rings. The Kier molecular flexibility index (Phi) is 7.66. The van der Waals surface area contributed by atoms with Crippen LogP contribution in [0.5, 0.6) is 0 Å². The van der Waals surface area contributed by atoms with Crippen LogP contribution >= 0.6 is 24.0 Å². The molecule has 0 fully saturated rings. The van der Waals surface area contributed by atoms with Crippen molar-refractivity contribution in [1.82, 2.24) is 9.78 Å². The summed E-state index contributed by atoms with van der Waals surface area (Å²) < 4.78 is 6.95. The fraction of sp³-hybridized carbons (Fsp3) is 0.353. The average molecular weight is 377 g/mol. The molecule has 0 radical (unpaired) electrons. The van der Waals surface area contributed by atoms with Crippen molar-refractivity contribution < 1.29 is 9.53 Å². The topological polar surface area (TPSA) is 68.5 Å². The molecule has 0 aliphatic rings. The van der Waals surface area contributed by atoms with Crippen LogP contribution in [0.1, 0.15) is 23.7 Å². The number of para-hydroxylation sites is 1. The van der Waals surface area contributed by atoms with Gasteiger partial charge in [-0.25, -0.2) is 14.5 Å². The maximum Gasteiger partial charge on any atom is 0.344 e. The Morgan fingerprint density at radius 3 is 2.84 bits per heavy atom. The van der Waals surface area contributed by atoms with E-state index >= 15 is 0 Å². The van der Waals surface area contributed by atoms with Gasteiger partial charge in [0.15, 0.2) is 0 Å². The van der Waals surface area contributed by atoms with E-state index in [1.165, 1.54) is 11.8 Å². The van der Waals surface area contributed by atoms with E-state index in [-0.39, 0.29) is 5.97 Å². The molecule has 0 atom stereocenters. The lowest BCUT2D eigenvalue weighted by Gasteiger charge is -2.11. The van der Waals surface area contributed by atoms with Crippen LogP contribution in [0.15, 0.2) is 40.4 Å². The number of isothiocyanates is 1. The number of nitrogens with zero attached hydrogens (tertiary/aromatic N) is 3. The number of thioether (sulfide) groups is 1. The van der Waals surface area contributed by atoms with Gasteiger partial charge in [-0.05, 0) is 44.0 Å². The Labute approximate surface area is 156 Å². The molecule has 0 spiro atoms. The van der Waals surface area contributed by atoms with E-state index in [1.807, 2.05) is 36.6 Å². The molecule has 6 nitrogen and oxygen atoms in total. The first-order valence-corrected chi connectivity index (χ1v) is 9.53. The highest BCUT2D eigenvalue weighted by molar-refractivity contribution is 7.98. The maximum absolute atomic E-state index is 12.5. The molecular weight excluding hydrogens is 356 g/mol. The zero-order chi connectivity index (χ0) is 18.1. The summed E-state index contributed by atoms with van der Waals surface area (Å²) in [6, 6.07) is 9.67. The monoisotopic (exact) mass is 376 g/mol. The highest BCUT2D eigenvalue weighted by Gasteiger charge is 2.25. The van der Waals surface area contributed by atoms with Gasteiger partial charge in [0.2, 0.25) is 0 Å². The number of ether oxygens (including phenoxy) is 1. The van der Waals surface area contributed by atoms with E-state index in [0.717, 1.165) is 12.1 Å². The number of aliphatic imine (C=N–C) groups is 1. The fourth-order valence-electron chi connectivity index (χ4n) is 2.26. The van der Waals surface area contributed by atoms with Crippen molar-refractivity contribution in [2.75, 3.05) is 31.3 Å². The van der Waals surface area contributed by atoms with Crippen LogP contribution in [0, 0.1) is 0 Å². The summed E-state index contributed by atoms with van der Waals surface area (Å²) in [7, 11) is 0. The van der Waals surface area contributed by atoms with Gasteiger partial charge in [-0.3, -0.25) is 0 Å². The Hall–Kier alpha value is -2.15. The quantitative estimate of drug-likeness (QED) is 0.237. The lowest BCUT2D eigenvalue weighted by Crippen LogP contribution is -2.13. The van der Waals surface area contributed by atoms with Crippen LogP contribution in [0.25, 0.3) is 5.69 Å². The Morgan fingerprint density at radius 2 is 2.20 bits per heavy atom. The van der Waals surface area contributed by atoms with Gasteiger partial charge < -0.3 is 10.1 Å². The number of nitrogens with one attached hydrogen (secondary N) is 1. The molecule has 2 rings (SSSR count). The van der Waals surface area contributed by atoms with Gasteiger partial charge in [-0.15, -0.1) is 11.8 Å². The zero-order valence-electron chi connectivity index (χ0n) is 14.2. The van der Waals surface area contributed by atoms with Crippen molar-refractivity contribution in [2.24, 2.45) is 4.99 Å². The fourth-order valence-corrected chi connectivity index (χ4v) is 2.90. The van der Waals surface area contributed by atoms with Crippen LogP contribution in [0.3, 0.4) is 0 Å². The first-order valence-electron chi connectivity index (χ1n) is 7.90. The Bertz CT molecular complexity index is 756. The molecule has 8 heteroatoms. The smallest absolute Gasteiger partial charge is 0.344 e. The van der Waals surface area contributed by atoms with Crippen LogP contribution < -0.4 is 5.32 Å². The summed E-state index contributed by atoms with van der Waals surface area (Å²) in [5.41, 5.74) is 1.32. The second kappa shape index (κ2) is 9.98. The van der Waals surface area contributed by atoms with Gasteiger partial charge in [0.1, 0.15) is 16.4 Å². The minimum atomic E-state index is -0.381. The third kappa shape index (κ3) is 4.92. The van der Waals surface area contributed by atoms with Crippen molar-refractivity contribution in [2.45, 2.75) is 18.4 Å². The van der Waals surface area contributed by atoms with E-state index in [2.05, 4.69) is 32.8 Å². The van der Waals surface area contributed by atoms with Gasteiger partial charge in [0.25, 0.3) is 0 Å². The summed E-state index contributed by atoms with van der Waals surface area (Å²) in [5, 5.41) is 10.9. The SMILES string of the molecule is CCOC(=O)c1c(SC)nn(-c2ccccc2)c1NCCCN=C=S. The van der Waals surface area contributed by atoms with E-state index in [1.54, 1.807) is 11.6 Å². The zero-order valence-corrected chi connectivity index (χ0v) is 15.8. The second-order valence-electron chi connectivity index (χ2n) is 4.95. The average Bonchev–Trinajstić information content (AvgIpc) is 3.01. The third-order valence-electron chi connectivity index (χ3n) is 3.33. The number of carbonyl (C=O) groups is 1. The lowest BCUT2D eigenvalue weighted by atomic mass is 10.3. The number of carbonyl (C=O) groups excluding carboxylic acids is 1. The number of anilines is 1. The van der Waals surface area contributed by atoms with Crippen LogP contribution in [-0.2, 0) is 4.74 Å². The van der Waals surface area contributed by atoms with Crippen molar-refractivity contribution >= 4 is 40.9 Å². The van der Waals surface area contributed by atoms with Gasteiger partial charge in [-0.1, -0.05) is 18.2 Å². The summed E-state index contributed by atoms with van der Waals surface area (Å²) in [4.78, 5) is 16.4. The normalized spacial score (nSPS) is 10.2. The number of aromatic nitrogens is 2. The van der Waals surface area contributed by atoms with E-state index in [4.69, 9.17) is 4.74 Å². The molecule has 1 aromatic carbocycles. The Morgan fingerprint density at radius 1 is 1.44 bits per heavy atom. The molecular formula is C17H20N4O2S2. The molecule has 0 aliphatic heterocycles. The molecule has 0 amide bonds. The number of thiocarbonyl (C=S) groups is 1. The predicted octanol–water partition coefficient (Wildman–Crippen LogP) is 3.68. The van der Waals surface area contributed by atoms with Crippen molar-refractivity contribution in [1.29, 1.82) is 0 Å². The number of esters is 1. The number of rotatable bonds is 9. The van der Waals surface area contributed by atoms with Crippen LogP contribution in [-0.4, -0.2) is 46.9 Å². The molecule has 1 heterocycles.